The number of ether oxygens (including phenoxy) is 1. The summed E-state index contributed by atoms with van der Waals surface area (Å²) in [7, 11) is 0. The van der Waals surface area contributed by atoms with Gasteiger partial charge in [0.1, 0.15) is 16.8 Å². The Labute approximate surface area is 209 Å². The molecule has 1 saturated heterocycles. The normalized spacial score (nSPS) is 19.0. The summed E-state index contributed by atoms with van der Waals surface area (Å²) in [6.07, 6.45) is 3.82. The van der Waals surface area contributed by atoms with Crippen molar-refractivity contribution in [3.05, 3.63) is 59.3 Å². The lowest BCUT2D eigenvalue weighted by molar-refractivity contribution is 0.170. The van der Waals surface area contributed by atoms with Gasteiger partial charge in [-0.2, -0.15) is 5.26 Å². The zero-order chi connectivity index (χ0) is 24.5. The predicted octanol–water partition coefficient (Wildman–Crippen LogP) is 4.90. The van der Waals surface area contributed by atoms with E-state index in [9.17, 15) is 15.2 Å². The second kappa shape index (κ2) is 9.68. The second-order valence-corrected chi connectivity index (χ2v) is 10.4. The second-order valence-electron chi connectivity index (χ2n) is 9.32. The third kappa shape index (κ3) is 4.75. The van der Waals surface area contributed by atoms with Crippen LogP contribution in [0.15, 0.2) is 42.6 Å². The molecule has 0 unspecified atom stereocenters. The van der Waals surface area contributed by atoms with E-state index < -0.39 is 6.10 Å². The maximum atomic E-state index is 12.7. The number of aliphatic hydroxyl groups excluding tert-OH is 1. The minimum Gasteiger partial charge on any atom is -0.490 e. The number of likely N-dealkylation sites (tertiary alicyclic amines) is 1. The van der Waals surface area contributed by atoms with Gasteiger partial charge in [-0.1, -0.05) is 18.2 Å². The van der Waals surface area contributed by atoms with E-state index in [1.807, 2.05) is 44.3 Å². The van der Waals surface area contributed by atoms with Crippen molar-refractivity contribution < 1.29 is 14.6 Å². The first-order valence-electron chi connectivity index (χ1n) is 12.0. The summed E-state index contributed by atoms with van der Waals surface area (Å²) in [6.45, 7) is 4.86. The molecule has 0 saturated carbocycles. The lowest BCUT2D eigenvalue weighted by atomic mass is 10.0. The summed E-state index contributed by atoms with van der Waals surface area (Å²) < 4.78 is 5.74. The van der Waals surface area contributed by atoms with Crippen molar-refractivity contribution in [2.75, 3.05) is 13.1 Å². The van der Waals surface area contributed by atoms with Crippen molar-refractivity contribution in [2.24, 2.45) is 0 Å². The highest BCUT2D eigenvalue weighted by atomic mass is 32.1. The van der Waals surface area contributed by atoms with Crippen LogP contribution in [0, 0.1) is 11.3 Å². The van der Waals surface area contributed by atoms with Crippen molar-refractivity contribution >= 4 is 17.4 Å². The van der Waals surface area contributed by atoms with Crippen molar-refractivity contribution in [2.45, 2.75) is 51.4 Å². The molecule has 2 amide bonds. The average Bonchev–Trinajstić information content (AvgIpc) is 3.59. The van der Waals surface area contributed by atoms with Crippen LogP contribution in [-0.4, -0.2) is 46.3 Å². The molecule has 0 radical (unpaired) electrons. The number of nitrogens with zero attached hydrogens (tertiary/aromatic N) is 3. The summed E-state index contributed by atoms with van der Waals surface area (Å²) in [5.41, 5.74) is 4.91. The fourth-order valence-corrected chi connectivity index (χ4v) is 5.81. The van der Waals surface area contributed by atoms with Gasteiger partial charge in [-0.3, -0.25) is 0 Å². The van der Waals surface area contributed by atoms with E-state index in [-0.39, 0.29) is 18.2 Å². The topological polar surface area (TPSA) is 98.5 Å². The maximum absolute atomic E-state index is 12.7. The molecule has 7 nitrogen and oxygen atoms in total. The first-order valence-corrected chi connectivity index (χ1v) is 12.8. The number of carbonyl (C=O) groups is 1. The zero-order valence-corrected chi connectivity index (χ0v) is 20.6. The summed E-state index contributed by atoms with van der Waals surface area (Å²) in [5, 5.41) is 23.3. The SMILES string of the molecule is CC(C)Oc1ccc(-c2ncc(-c3cccc4c3CC[C@H]4NC(=O)N3CC[C@@H](O)C3)s2)cc1C#N. The molecular formula is C27H28N4O3S. The quantitative estimate of drug-likeness (QED) is 0.532. The van der Waals surface area contributed by atoms with Gasteiger partial charge in [0.15, 0.2) is 0 Å². The Bertz CT molecular complexity index is 1300. The molecule has 1 aromatic heterocycles. The molecule has 180 valence electrons. The number of β-amino-alcohol motifs (C(OH)–C–C–N with tert-alkyl or cyclic N) is 1. The molecule has 2 heterocycles. The third-order valence-corrected chi connectivity index (χ3v) is 7.58. The number of hydrogen-bond donors (Lipinski definition) is 2. The Hall–Kier alpha value is -3.41. The zero-order valence-electron chi connectivity index (χ0n) is 19.8. The van der Waals surface area contributed by atoms with Crippen molar-refractivity contribution in [1.82, 2.24) is 15.2 Å². The van der Waals surface area contributed by atoms with Gasteiger partial charge in [0.05, 0.1) is 28.7 Å². The molecule has 8 heteroatoms. The molecule has 2 N–H and O–H groups in total. The number of thiazole rings is 1. The van der Waals surface area contributed by atoms with Crippen LogP contribution >= 0.6 is 11.3 Å². The number of aromatic nitrogens is 1. The molecule has 2 aromatic carbocycles. The number of amides is 2. The van der Waals surface area contributed by atoms with Crippen LogP contribution < -0.4 is 10.1 Å². The van der Waals surface area contributed by atoms with Crippen LogP contribution in [0.2, 0.25) is 0 Å². The highest BCUT2D eigenvalue weighted by Gasteiger charge is 2.30. The van der Waals surface area contributed by atoms with Gasteiger partial charge in [0, 0.05) is 24.8 Å². The van der Waals surface area contributed by atoms with Gasteiger partial charge in [-0.25, -0.2) is 9.78 Å². The Morgan fingerprint density at radius 3 is 2.91 bits per heavy atom. The Balaban J connectivity index is 1.37. The number of carbonyl (C=O) groups excluding carboxylic acids is 1. The van der Waals surface area contributed by atoms with Gasteiger partial charge in [-0.15, -0.1) is 11.3 Å². The van der Waals surface area contributed by atoms with Crippen LogP contribution in [0.5, 0.6) is 5.75 Å². The van der Waals surface area contributed by atoms with Crippen molar-refractivity contribution in [3.63, 3.8) is 0 Å². The number of nitriles is 1. The minimum absolute atomic E-state index is 0.00449. The first kappa shape index (κ1) is 23.3. The molecule has 0 spiro atoms. The van der Waals surface area contributed by atoms with E-state index in [1.54, 1.807) is 16.2 Å². The van der Waals surface area contributed by atoms with E-state index in [0.29, 0.717) is 30.8 Å². The first-order chi connectivity index (χ1) is 16.9. The van der Waals surface area contributed by atoms with Gasteiger partial charge in [0.2, 0.25) is 0 Å². The number of hydrogen-bond acceptors (Lipinski definition) is 6. The Morgan fingerprint density at radius 2 is 2.17 bits per heavy atom. The molecule has 1 aliphatic carbocycles. The number of benzene rings is 2. The lowest BCUT2D eigenvalue weighted by Crippen LogP contribution is -2.40. The van der Waals surface area contributed by atoms with E-state index in [1.165, 1.54) is 5.56 Å². The number of rotatable bonds is 5. The van der Waals surface area contributed by atoms with Crippen LogP contribution in [0.1, 0.15) is 49.4 Å². The summed E-state index contributed by atoms with van der Waals surface area (Å²) in [5.74, 6) is 0.584. The molecule has 5 rings (SSSR count). The predicted molar refractivity (Wildman–Crippen MR) is 135 cm³/mol. The van der Waals surface area contributed by atoms with Gasteiger partial charge < -0.3 is 20.1 Å². The van der Waals surface area contributed by atoms with Gasteiger partial charge >= 0.3 is 6.03 Å². The summed E-state index contributed by atoms with van der Waals surface area (Å²) in [6, 6.07) is 13.9. The third-order valence-electron chi connectivity index (χ3n) is 6.50. The standard InChI is InChI=1S/C27H28N4O3S/c1-16(2)34-24-9-6-17(12-18(24)13-28)26-29-14-25(35-26)22-5-3-4-21-20(22)7-8-23(21)30-27(33)31-11-10-19(32)15-31/h3-6,9,12,14,16,19,23,32H,7-8,10-11,15H2,1-2H3,(H,30,33)/t19-,23-/m1/s1. The van der Waals surface area contributed by atoms with E-state index in [4.69, 9.17) is 4.74 Å². The molecule has 2 atom stereocenters. The average molecular weight is 489 g/mol. The highest BCUT2D eigenvalue weighted by Crippen LogP contribution is 2.41. The van der Waals surface area contributed by atoms with E-state index in [0.717, 1.165) is 39.4 Å². The molecule has 35 heavy (non-hydrogen) atoms. The van der Waals surface area contributed by atoms with Gasteiger partial charge in [-0.05, 0) is 68.0 Å². The number of nitrogens with one attached hydrogen (secondary N) is 1. The maximum Gasteiger partial charge on any atom is 0.317 e. The van der Waals surface area contributed by atoms with Crippen LogP contribution in [0.3, 0.4) is 0 Å². The van der Waals surface area contributed by atoms with E-state index in [2.05, 4.69) is 28.5 Å². The molecule has 2 aliphatic rings. The van der Waals surface area contributed by atoms with Crippen molar-refractivity contribution in [1.29, 1.82) is 5.26 Å². The molecule has 0 bridgehead atoms. The number of urea groups is 1. The summed E-state index contributed by atoms with van der Waals surface area (Å²) >= 11 is 1.60. The largest absolute Gasteiger partial charge is 0.490 e. The number of aliphatic hydroxyl groups is 1. The summed E-state index contributed by atoms with van der Waals surface area (Å²) in [4.78, 5) is 20.1. The molecular weight excluding hydrogens is 460 g/mol. The van der Waals surface area contributed by atoms with Crippen molar-refractivity contribution in [3.8, 4) is 32.8 Å². The van der Waals surface area contributed by atoms with Crippen LogP contribution in [0.25, 0.3) is 21.0 Å². The van der Waals surface area contributed by atoms with Crippen LogP contribution in [0.4, 0.5) is 4.79 Å². The Morgan fingerprint density at radius 1 is 1.31 bits per heavy atom. The fraction of sp³-hybridized carbons (Fsp3) is 0.370. The fourth-order valence-electron chi connectivity index (χ4n) is 4.84. The molecule has 1 aliphatic heterocycles. The number of fused-ring (bicyclic) bond motifs is 1. The van der Waals surface area contributed by atoms with Gasteiger partial charge in [0.25, 0.3) is 0 Å². The minimum atomic E-state index is -0.424. The molecule has 3 aromatic rings. The Kier molecular flexibility index (Phi) is 6.46. The highest BCUT2D eigenvalue weighted by molar-refractivity contribution is 7.18. The van der Waals surface area contributed by atoms with Crippen LogP contribution in [-0.2, 0) is 6.42 Å². The molecule has 1 fully saturated rings. The lowest BCUT2D eigenvalue weighted by Gasteiger charge is -2.21. The monoisotopic (exact) mass is 488 g/mol. The van der Waals surface area contributed by atoms with E-state index >= 15 is 0 Å². The smallest absolute Gasteiger partial charge is 0.317 e.